The van der Waals surface area contributed by atoms with Crippen LogP contribution in [-0.4, -0.2) is 6.61 Å². The van der Waals surface area contributed by atoms with E-state index in [-0.39, 0.29) is 0 Å². The molecule has 2 aromatic rings. The Bertz CT molecular complexity index is 612. The van der Waals surface area contributed by atoms with Crippen LogP contribution in [0.1, 0.15) is 29.9 Å². The van der Waals surface area contributed by atoms with Crippen molar-refractivity contribution in [2.75, 3.05) is 6.61 Å². The van der Waals surface area contributed by atoms with Gasteiger partial charge in [-0.05, 0) is 48.6 Å². The summed E-state index contributed by atoms with van der Waals surface area (Å²) in [5.41, 5.74) is 2.90. The van der Waals surface area contributed by atoms with Crippen molar-refractivity contribution < 1.29 is 4.74 Å². The van der Waals surface area contributed by atoms with Gasteiger partial charge in [-0.3, -0.25) is 0 Å². The van der Waals surface area contributed by atoms with Gasteiger partial charge in [-0.2, -0.15) is 0 Å². The Labute approximate surface area is 133 Å². The van der Waals surface area contributed by atoms with Crippen LogP contribution in [-0.2, 0) is 6.42 Å². The van der Waals surface area contributed by atoms with Crippen LogP contribution in [0, 0.1) is 0 Å². The molecule has 1 atom stereocenters. The Morgan fingerprint density at radius 1 is 1.20 bits per heavy atom. The summed E-state index contributed by atoms with van der Waals surface area (Å²) in [4.78, 5) is 0. The van der Waals surface area contributed by atoms with Crippen LogP contribution in [0.4, 0.5) is 0 Å². The molecule has 1 nitrogen and oxygen atoms in total. The Kier molecular flexibility index (Phi) is 4.32. The average molecular weight is 352 g/mol. The highest BCUT2D eigenvalue weighted by molar-refractivity contribution is 9.10. The summed E-state index contributed by atoms with van der Waals surface area (Å²) in [6.45, 7) is 0.688. The van der Waals surface area contributed by atoms with Crippen molar-refractivity contribution in [3.8, 4) is 5.75 Å². The van der Waals surface area contributed by atoms with E-state index < -0.39 is 0 Å². The third kappa shape index (κ3) is 3.02. The molecule has 0 heterocycles. The van der Waals surface area contributed by atoms with Crippen LogP contribution in [0.15, 0.2) is 46.9 Å². The summed E-state index contributed by atoms with van der Waals surface area (Å²) in [6.07, 6.45) is 3.60. The lowest BCUT2D eigenvalue weighted by molar-refractivity contribution is 0.274. The minimum atomic E-state index is 0.468. The van der Waals surface area contributed by atoms with Crippen LogP contribution in [0.25, 0.3) is 0 Å². The van der Waals surface area contributed by atoms with Gasteiger partial charge in [-0.25, -0.2) is 0 Å². The smallest absolute Gasteiger partial charge is 0.139 e. The summed E-state index contributed by atoms with van der Waals surface area (Å²) >= 11 is 9.62. The fourth-order valence-electron chi connectivity index (χ4n) is 2.81. The molecule has 0 saturated heterocycles. The topological polar surface area (TPSA) is 9.23 Å². The van der Waals surface area contributed by atoms with E-state index in [1.54, 1.807) is 0 Å². The number of ether oxygens (including phenoxy) is 1. The van der Waals surface area contributed by atoms with Crippen LogP contribution < -0.4 is 4.74 Å². The second-order valence-corrected chi connectivity index (χ2v) is 6.50. The normalized spacial score (nSPS) is 17.6. The first-order valence-electron chi connectivity index (χ1n) is 6.89. The van der Waals surface area contributed by atoms with Gasteiger partial charge in [0, 0.05) is 10.4 Å². The molecule has 0 spiro atoms. The van der Waals surface area contributed by atoms with E-state index in [9.17, 15) is 0 Å². The molecule has 0 bridgehead atoms. The molecule has 0 N–H and O–H groups in total. The van der Waals surface area contributed by atoms with E-state index in [1.165, 1.54) is 30.4 Å². The second kappa shape index (κ2) is 6.19. The summed E-state index contributed by atoms with van der Waals surface area (Å²) in [6, 6.07) is 14.4. The zero-order valence-electron chi connectivity index (χ0n) is 11.1. The SMILES string of the molecule is Clc1ccc(Br)cc1OCC1CCCc2ccccc21. The quantitative estimate of drug-likeness (QED) is 0.699. The molecule has 20 heavy (non-hydrogen) atoms. The molecule has 0 amide bonds. The highest BCUT2D eigenvalue weighted by atomic mass is 79.9. The van der Waals surface area contributed by atoms with Crippen LogP contribution in [0.5, 0.6) is 5.75 Å². The van der Waals surface area contributed by atoms with E-state index in [2.05, 4.69) is 40.2 Å². The lowest BCUT2D eigenvalue weighted by Gasteiger charge is -2.25. The number of aryl methyl sites for hydroxylation is 1. The fourth-order valence-corrected chi connectivity index (χ4v) is 3.32. The van der Waals surface area contributed by atoms with Crippen molar-refractivity contribution in [3.05, 3.63) is 63.1 Å². The Balaban J connectivity index is 1.75. The lowest BCUT2D eigenvalue weighted by atomic mass is 9.83. The molecule has 0 saturated carbocycles. The van der Waals surface area contributed by atoms with Crippen LogP contribution >= 0.6 is 27.5 Å². The van der Waals surface area contributed by atoms with E-state index >= 15 is 0 Å². The minimum Gasteiger partial charge on any atom is -0.491 e. The van der Waals surface area contributed by atoms with Gasteiger partial charge in [-0.15, -0.1) is 0 Å². The maximum Gasteiger partial charge on any atom is 0.139 e. The lowest BCUT2D eigenvalue weighted by Crippen LogP contribution is -2.16. The predicted molar refractivity (Wildman–Crippen MR) is 86.8 cm³/mol. The van der Waals surface area contributed by atoms with Crippen LogP contribution in [0.2, 0.25) is 5.02 Å². The van der Waals surface area contributed by atoms with Gasteiger partial charge in [0.05, 0.1) is 11.6 Å². The fraction of sp³-hybridized carbons (Fsp3) is 0.294. The van der Waals surface area contributed by atoms with Crippen LogP contribution in [0.3, 0.4) is 0 Å². The molecule has 2 aromatic carbocycles. The average Bonchev–Trinajstić information content (AvgIpc) is 2.48. The van der Waals surface area contributed by atoms with Gasteiger partial charge in [-0.1, -0.05) is 51.8 Å². The van der Waals surface area contributed by atoms with E-state index in [1.807, 2.05) is 18.2 Å². The van der Waals surface area contributed by atoms with Gasteiger partial charge in [0.25, 0.3) is 0 Å². The Morgan fingerprint density at radius 3 is 2.95 bits per heavy atom. The van der Waals surface area contributed by atoms with E-state index in [0.717, 1.165) is 10.2 Å². The van der Waals surface area contributed by atoms with Crippen molar-refractivity contribution >= 4 is 27.5 Å². The van der Waals surface area contributed by atoms with Crippen molar-refractivity contribution in [2.24, 2.45) is 0 Å². The number of fused-ring (bicyclic) bond motifs is 1. The molecule has 1 aliphatic carbocycles. The monoisotopic (exact) mass is 350 g/mol. The third-order valence-corrected chi connectivity index (χ3v) is 4.63. The van der Waals surface area contributed by atoms with Gasteiger partial charge >= 0.3 is 0 Å². The van der Waals surface area contributed by atoms with Gasteiger partial charge in [0.15, 0.2) is 0 Å². The molecular formula is C17H16BrClO. The first-order chi connectivity index (χ1) is 9.74. The number of halogens is 2. The third-order valence-electron chi connectivity index (χ3n) is 3.83. The first kappa shape index (κ1) is 14.0. The van der Waals surface area contributed by atoms with Crippen molar-refractivity contribution in [1.82, 2.24) is 0 Å². The maximum absolute atomic E-state index is 6.17. The highest BCUT2D eigenvalue weighted by Gasteiger charge is 2.20. The molecule has 0 aromatic heterocycles. The zero-order chi connectivity index (χ0) is 13.9. The van der Waals surface area contributed by atoms with E-state index in [4.69, 9.17) is 16.3 Å². The molecular weight excluding hydrogens is 336 g/mol. The summed E-state index contributed by atoms with van der Waals surface area (Å²) in [5, 5.41) is 0.664. The van der Waals surface area contributed by atoms with Crippen molar-refractivity contribution in [1.29, 1.82) is 0 Å². The minimum absolute atomic E-state index is 0.468. The number of benzene rings is 2. The molecule has 0 radical (unpaired) electrons. The molecule has 0 aliphatic heterocycles. The molecule has 104 valence electrons. The van der Waals surface area contributed by atoms with Crippen molar-refractivity contribution in [2.45, 2.75) is 25.2 Å². The van der Waals surface area contributed by atoms with Crippen molar-refractivity contribution in [3.63, 3.8) is 0 Å². The Hall–Kier alpha value is -0.990. The largest absolute Gasteiger partial charge is 0.491 e. The molecule has 3 heteroatoms. The second-order valence-electron chi connectivity index (χ2n) is 5.17. The van der Waals surface area contributed by atoms with Gasteiger partial charge < -0.3 is 4.74 Å². The predicted octanol–water partition coefficient (Wildman–Crippen LogP) is 5.60. The summed E-state index contributed by atoms with van der Waals surface area (Å²) in [7, 11) is 0. The van der Waals surface area contributed by atoms with Gasteiger partial charge in [0.1, 0.15) is 5.75 Å². The summed E-state index contributed by atoms with van der Waals surface area (Å²) in [5.74, 6) is 1.22. The zero-order valence-corrected chi connectivity index (χ0v) is 13.5. The number of rotatable bonds is 3. The molecule has 0 fully saturated rings. The molecule has 3 rings (SSSR count). The van der Waals surface area contributed by atoms with Gasteiger partial charge in [0.2, 0.25) is 0 Å². The maximum atomic E-state index is 6.17. The number of hydrogen-bond acceptors (Lipinski definition) is 1. The standard InChI is InChI=1S/C17H16BrClO/c18-14-8-9-16(19)17(10-14)20-11-13-6-3-5-12-4-1-2-7-15(12)13/h1-2,4,7-10,13H,3,5-6,11H2. The Morgan fingerprint density at radius 2 is 2.05 bits per heavy atom. The van der Waals surface area contributed by atoms with E-state index in [0.29, 0.717) is 17.5 Å². The number of hydrogen-bond donors (Lipinski definition) is 0. The highest BCUT2D eigenvalue weighted by Crippen LogP contribution is 2.34. The summed E-state index contributed by atoms with van der Waals surface area (Å²) < 4.78 is 6.94. The molecule has 1 unspecified atom stereocenters. The molecule has 1 aliphatic rings. The first-order valence-corrected chi connectivity index (χ1v) is 8.07.